The van der Waals surface area contributed by atoms with Crippen molar-refractivity contribution in [3.63, 3.8) is 0 Å². The number of carboxylic acids is 1. The maximum atomic E-state index is 10.8. The van der Waals surface area contributed by atoms with E-state index in [0.29, 0.717) is 11.8 Å². The molecule has 0 heterocycles. The molecule has 1 fully saturated rings. The van der Waals surface area contributed by atoms with Crippen LogP contribution in [0.15, 0.2) is 0 Å². The molecule has 0 aromatic heterocycles. The Hall–Kier alpha value is -0.570. The van der Waals surface area contributed by atoms with Crippen LogP contribution in [0.4, 0.5) is 0 Å². The normalized spacial score (nSPS) is 25.5. The molecule has 3 heteroatoms. The Morgan fingerprint density at radius 1 is 1.29 bits per heavy atom. The molecule has 0 bridgehead atoms. The average molecular weight is 241 g/mol. The van der Waals surface area contributed by atoms with Crippen molar-refractivity contribution >= 4 is 5.97 Å². The van der Waals surface area contributed by atoms with Gasteiger partial charge in [0.1, 0.15) is 0 Å². The summed E-state index contributed by atoms with van der Waals surface area (Å²) in [4.78, 5) is 13.0. The largest absolute Gasteiger partial charge is 0.480 e. The van der Waals surface area contributed by atoms with Gasteiger partial charge in [-0.3, -0.25) is 9.69 Å². The lowest BCUT2D eigenvalue weighted by Crippen LogP contribution is -2.37. The molecule has 0 unspecified atom stereocenters. The zero-order valence-electron chi connectivity index (χ0n) is 11.5. The van der Waals surface area contributed by atoms with Crippen LogP contribution in [0.3, 0.4) is 0 Å². The van der Waals surface area contributed by atoms with Gasteiger partial charge in [-0.25, -0.2) is 0 Å². The van der Waals surface area contributed by atoms with Gasteiger partial charge >= 0.3 is 5.97 Å². The van der Waals surface area contributed by atoms with Crippen molar-refractivity contribution in [2.45, 2.75) is 46.5 Å². The third kappa shape index (κ3) is 6.06. The fourth-order valence-corrected chi connectivity index (χ4v) is 2.79. The molecule has 1 aliphatic rings. The van der Waals surface area contributed by atoms with Gasteiger partial charge < -0.3 is 5.11 Å². The Labute approximate surface area is 105 Å². The molecular weight excluding hydrogens is 214 g/mol. The third-order valence-electron chi connectivity index (χ3n) is 3.63. The monoisotopic (exact) mass is 241 g/mol. The van der Waals surface area contributed by atoms with E-state index in [-0.39, 0.29) is 6.54 Å². The van der Waals surface area contributed by atoms with Crippen LogP contribution in [0, 0.1) is 17.8 Å². The molecule has 17 heavy (non-hydrogen) atoms. The second-order valence-electron chi connectivity index (χ2n) is 6.11. The number of nitrogens with zero attached hydrogens (tertiary/aromatic N) is 1. The molecule has 1 aliphatic carbocycles. The van der Waals surface area contributed by atoms with E-state index in [0.717, 1.165) is 19.0 Å². The first-order chi connectivity index (χ1) is 7.97. The zero-order valence-corrected chi connectivity index (χ0v) is 11.5. The van der Waals surface area contributed by atoms with Crippen molar-refractivity contribution in [2.75, 3.05) is 19.6 Å². The van der Waals surface area contributed by atoms with Crippen LogP contribution in [0.5, 0.6) is 0 Å². The van der Waals surface area contributed by atoms with E-state index < -0.39 is 5.97 Å². The highest BCUT2D eigenvalue weighted by atomic mass is 16.4. The van der Waals surface area contributed by atoms with Gasteiger partial charge in [0.05, 0.1) is 6.54 Å². The van der Waals surface area contributed by atoms with E-state index >= 15 is 0 Å². The Bertz CT molecular complexity index is 232. The summed E-state index contributed by atoms with van der Waals surface area (Å²) < 4.78 is 0. The summed E-state index contributed by atoms with van der Waals surface area (Å²) >= 11 is 0. The molecule has 0 saturated heterocycles. The van der Waals surface area contributed by atoms with E-state index in [1.54, 1.807) is 0 Å². The van der Waals surface area contributed by atoms with Crippen molar-refractivity contribution in [1.29, 1.82) is 0 Å². The minimum absolute atomic E-state index is 0.199. The van der Waals surface area contributed by atoms with E-state index in [4.69, 9.17) is 5.11 Å². The number of aliphatic carboxylic acids is 1. The van der Waals surface area contributed by atoms with E-state index in [1.807, 2.05) is 0 Å². The van der Waals surface area contributed by atoms with E-state index in [9.17, 15) is 4.79 Å². The van der Waals surface area contributed by atoms with Crippen LogP contribution < -0.4 is 0 Å². The smallest absolute Gasteiger partial charge is 0.317 e. The van der Waals surface area contributed by atoms with Gasteiger partial charge in [0.2, 0.25) is 0 Å². The standard InChI is InChI=1S/C14H27NO2/c1-11(2)8-15(10-14(16)17)9-13-6-4-12(3)5-7-13/h11-13H,4-10H2,1-3H3,(H,16,17). The molecule has 100 valence electrons. The molecule has 0 spiro atoms. The maximum absolute atomic E-state index is 10.8. The van der Waals surface area contributed by atoms with Crippen LogP contribution >= 0.6 is 0 Å². The molecule has 0 aromatic carbocycles. The van der Waals surface area contributed by atoms with Crippen molar-refractivity contribution in [3.8, 4) is 0 Å². The number of carbonyl (C=O) groups is 1. The van der Waals surface area contributed by atoms with Crippen molar-refractivity contribution in [2.24, 2.45) is 17.8 Å². The fourth-order valence-electron chi connectivity index (χ4n) is 2.79. The highest BCUT2D eigenvalue weighted by Gasteiger charge is 2.22. The summed E-state index contributed by atoms with van der Waals surface area (Å²) in [7, 11) is 0. The van der Waals surface area contributed by atoms with Crippen LogP contribution in [0.1, 0.15) is 46.5 Å². The predicted octanol–water partition coefficient (Wildman–Crippen LogP) is 2.86. The SMILES string of the molecule is CC(C)CN(CC(=O)O)CC1CCC(C)CC1. The molecule has 3 nitrogen and oxygen atoms in total. The lowest BCUT2D eigenvalue weighted by molar-refractivity contribution is -0.138. The van der Waals surface area contributed by atoms with Crippen LogP contribution in [0.2, 0.25) is 0 Å². The molecule has 0 atom stereocenters. The Morgan fingerprint density at radius 2 is 1.88 bits per heavy atom. The minimum atomic E-state index is -0.699. The molecule has 0 amide bonds. The third-order valence-corrected chi connectivity index (χ3v) is 3.63. The highest BCUT2D eigenvalue weighted by molar-refractivity contribution is 5.69. The number of carboxylic acid groups (broad SMARTS) is 1. The summed E-state index contributed by atoms with van der Waals surface area (Å²) in [5.74, 6) is 1.42. The molecule has 1 N–H and O–H groups in total. The van der Waals surface area contributed by atoms with Crippen molar-refractivity contribution < 1.29 is 9.90 Å². The quantitative estimate of drug-likeness (QED) is 0.777. The Kier molecular flexibility index (Phi) is 5.96. The van der Waals surface area contributed by atoms with Gasteiger partial charge in [0, 0.05) is 13.1 Å². The van der Waals surface area contributed by atoms with Crippen molar-refractivity contribution in [1.82, 2.24) is 4.90 Å². The maximum Gasteiger partial charge on any atom is 0.317 e. The lowest BCUT2D eigenvalue weighted by atomic mass is 9.83. The molecule has 1 saturated carbocycles. The predicted molar refractivity (Wildman–Crippen MR) is 70.0 cm³/mol. The van der Waals surface area contributed by atoms with E-state index in [1.165, 1.54) is 25.7 Å². The first-order valence-corrected chi connectivity index (χ1v) is 6.91. The Balaban J connectivity index is 2.39. The molecule has 0 aliphatic heterocycles. The lowest BCUT2D eigenvalue weighted by Gasteiger charge is -2.31. The summed E-state index contributed by atoms with van der Waals surface area (Å²) in [5.41, 5.74) is 0. The van der Waals surface area contributed by atoms with Crippen LogP contribution in [-0.2, 0) is 4.79 Å². The van der Waals surface area contributed by atoms with Gasteiger partial charge in [-0.05, 0) is 30.6 Å². The topological polar surface area (TPSA) is 40.5 Å². The minimum Gasteiger partial charge on any atom is -0.480 e. The summed E-state index contributed by atoms with van der Waals surface area (Å²) in [6, 6.07) is 0. The van der Waals surface area contributed by atoms with Gasteiger partial charge in [-0.2, -0.15) is 0 Å². The number of rotatable bonds is 6. The number of hydrogen-bond acceptors (Lipinski definition) is 2. The second-order valence-corrected chi connectivity index (χ2v) is 6.11. The zero-order chi connectivity index (χ0) is 12.8. The Morgan fingerprint density at radius 3 is 2.35 bits per heavy atom. The molecule has 0 aromatic rings. The van der Waals surface area contributed by atoms with Gasteiger partial charge in [-0.1, -0.05) is 33.6 Å². The average Bonchev–Trinajstić information content (AvgIpc) is 2.19. The number of hydrogen-bond donors (Lipinski definition) is 1. The van der Waals surface area contributed by atoms with Gasteiger partial charge in [0.25, 0.3) is 0 Å². The van der Waals surface area contributed by atoms with Crippen molar-refractivity contribution in [3.05, 3.63) is 0 Å². The summed E-state index contributed by atoms with van der Waals surface area (Å²) in [5, 5.41) is 8.93. The fraction of sp³-hybridized carbons (Fsp3) is 0.929. The van der Waals surface area contributed by atoms with Crippen LogP contribution in [-0.4, -0.2) is 35.6 Å². The van der Waals surface area contributed by atoms with E-state index in [2.05, 4.69) is 25.7 Å². The highest BCUT2D eigenvalue weighted by Crippen LogP contribution is 2.28. The summed E-state index contributed by atoms with van der Waals surface area (Å²) in [6.07, 6.45) is 5.17. The molecular formula is C14H27NO2. The first kappa shape index (κ1) is 14.5. The van der Waals surface area contributed by atoms with Gasteiger partial charge in [-0.15, -0.1) is 0 Å². The molecule has 1 rings (SSSR count). The second kappa shape index (κ2) is 7.00. The van der Waals surface area contributed by atoms with Gasteiger partial charge in [0.15, 0.2) is 0 Å². The molecule has 0 radical (unpaired) electrons. The van der Waals surface area contributed by atoms with Crippen LogP contribution in [0.25, 0.3) is 0 Å². The first-order valence-electron chi connectivity index (χ1n) is 6.91. The summed E-state index contributed by atoms with van der Waals surface area (Å²) in [6.45, 7) is 8.69.